The maximum atomic E-state index is 11.4. The molecular weight excluding hydrogens is 289 g/mol. The molecule has 1 aliphatic rings. The highest BCUT2D eigenvalue weighted by Crippen LogP contribution is 2.24. The van der Waals surface area contributed by atoms with Crippen molar-refractivity contribution >= 4 is 41.2 Å². The van der Waals surface area contributed by atoms with Gasteiger partial charge in [-0.25, -0.2) is 5.43 Å². The maximum Gasteiger partial charge on any atom is 0.329 e. The van der Waals surface area contributed by atoms with Gasteiger partial charge in [0.05, 0.1) is 16.3 Å². The first-order chi connectivity index (χ1) is 9.08. The molecule has 1 aromatic carbocycles. The molecule has 0 unspecified atom stereocenters. The summed E-state index contributed by atoms with van der Waals surface area (Å²) in [5.41, 5.74) is 2.68. The molecule has 2 amide bonds. The van der Waals surface area contributed by atoms with Crippen LogP contribution in [0, 0.1) is 0 Å². The number of carbonyl (C=O) groups excluding carboxylic acids is 2. The SMILES string of the molecule is O=C(N/N=C\c1cccc(Cl)c1Cl)C(=O)NC1CC1. The Labute approximate surface area is 120 Å². The van der Waals surface area contributed by atoms with Crippen LogP contribution in [0.1, 0.15) is 18.4 Å². The second-order valence-electron chi connectivity index (χ2n) is 4.09. The fraction of sp³-hybridized carbons (Fsp3) is 0.250. The molecule has 0 spiro atoms. The molecule has 2 rings (SSSR count). The van der Waals surface area contributed by atoms with Gasteiger partial charge in [-0.15, -0.1) is 0 Å². The Morgan fingerprint density at radius 2 is 2.00 bits per heavy atom. The lowest BCUT2D eigenvalue weighted by Gasteiger charge is -2.01. The Kier molecular flexibility index (Phi) is 4.39. The molecule has 2 N–H and O–H groups in total. The van der Waals surface area contributed by atoms with Gasteiger partial charge in [0.15, 0.2) is 0 Å². The number of hydrazone groups is 1. The van der Waals surface area contributed by atoms with E-state index in [1.54, 1.807) is 18.2 Å². The van der Waals surface area contributed by atoms with E-state index in [1.165, 1.54) is 6.21 Å². The molecule has 0 aliphatic heterocycles. The number of nitrogens with one attached hydrogen (secondary N) is 2. The standard InChI is InChI=1S/C12H11Cl2N3O2/c13-9-3-1-2-7(10(9)14)6-15-17-12(19)11(18)16-8-4-5-8/h1-3,6,8H,4-5H2,(H,16,18)(H,17,19)/b15-6-. The molecule has 0 radical (unpaired) electrons. The molecule has 0 aromatic heterocycles. The first-order valence-electron chi connectivity index (χ1n) is 5.66. The number of carbonyl (C=O) groups is 2. The van der Waals surface area contributed by atoms with Crippen LogP contribution in [0.25, 0.3) is 0 Å². The van der Waals surface area contributed by atoms with Gasteiger partial charge in [0.2, 0.25) is 0 Å². The summed E-state index contributed by atoms with van der Waals surface area (Å²) in [5.74, 6) is -1.49. The molecule has 100 valence electrons. The summed E-state index contributed by atoms with van der Waals surface area (Å²) < 4.78 is 0. The van der Waals surface area contributed by atoms with Gasteiger partial charge in [-0.1, -0.05) is 35.3 Å². The van der Waals surface area contributed by atoms with Crippen LogP contribution in [0.5, 0.6) is 0 Å². The van der Waals surface area contributed by atoms with Crippen LogP contribution >= 0.6 is 23.2 Å². The van der Waals surface area contributed by atoms with Gasteiger partial charge in [0.1, 0.15) is 0 Å². The lowest BCUT2D eigenvalue weighted by atomic mass is 10.2. The maximum absolute atomic E-state index is 11.4. The number of hydrogen-bond donors (Lipinski definition) is 2. The van der Waals surface area contributed by atoms with E-state index in [4.69, 9.17) is 23.2 Å². The van der Waals surface area contributed by atoms with Gasteiger partial charge in [-0.05, 0) is 18.9 Å². The van der Waals surface area contributed by atoms with Crippen molar-refractivity contribution in [2.75, 3.05) is 0 Å². The first kappa shape index (κ1) is 13.8. The highest BCUT2D eigenvalue weighted by Gasteiger charge is 2.26. The highest BCUT2D eigenvalue weighted by atomic mass is 35.5. The van der Waals surface area contributed by atoms with Crippen molar-refractivity contribution in [1.29, 1.82) is 0 Å². The fourth-order valence-corrected chi connectivity index (χ4v) is 1.67. The van der Waals surface area contributed by atoms with Crippen molar-refractivity contribution in [3.63, 3.8) is 0 Å². The first-order valence-corrected chi connectivity index (χ1v) is 6.41. The molecule has 7 heteroatoms. The predicted octanol–water partition coefficient (Wildman–Crippen LogP) is 1.72. The van der Waals surface area contributed by atoms with Crippen molar-refractivity contribution in [2.45, 2.75) is 18.9 Å². The second kappa shape index (κ2) is 6.04. The van der Waals surface area contributed by atoms with E-state index in [0.717, 1.165) is 12.8 Å². The van der Waals surface area contributed by atoms with Crippen LogP contribution in [0.2, 0.25) is 10.0 Å². The summed E-state index contributed by atoms with van der Waals surface area (Å²) in [4.78, 5) is 22.7. The number of hydrogen-bond acceptors (Lipinski definition) is 3. The topological polar surface area (TPSA) is 70.6 Å². The van der Waals surface area contributed by atoms with Gasteiger partial charge in [-0.2, -0.15) is 5.10 Å². The minimum Gasteiger partial charge on any atom is -0.345 e. The Bertz CT molecular complexity index is 542. The third kappa shape index (κ3) is 3.94. The molecule has 0 bridgehead atoms. The molecule has 5 nitrogen and oxygen atoms in total. The zero-order valence-corrected chi connectivity index (χ0v) is 11.3. The number of rotatable bonds is 3. The normalized spacial score (nSPS) is 14.4. The van der Waals surface area contributed by atoms with Gasteiger partial charge >= 0.3 is 11.8 Å². The highest BCUT2D eigenvalue weighted by molar-refractivity contribution is 6.43. The minimum atomic E-state index is -0.804. The van der Waals surface area contributed by atoms with Crippen molar-refractivity contribution in [1.82, 2.24) is 10.7 Å². The molecule has 1 aliphatic carbocycles. The van der Waals surface area contributed by atoms with Crippen molar-refractivity contribution in [2.24, 2.45) is 5.10 Å². The summed E-state index contributed by atoms with van der Waals surface area (Å²) >= 11 is 11.8. The van der Waals surface area contributed by atoms with E-state index in [9.17, 15) is 9.59 Å². The molecule has 0 saturated heterocycles. The van der Waals surface area contributed by atoms with Gasteiger partial charge in [0.25, 0.3) is 0 Å². The predicted molar refractivity (Wildman–Crippen MR) is 73.4 cm³/mol. The molecule has 1 saturated carbocycles. The van der Waals surface area contributed by atoms with Crippen LogP contribution in [-0.4, -0.2) is 24.1 Å². The molecule has 0 heterocycles. The summed E-state index contributed by atoms with van der Waals surface area (Å²) in [6, 6.07) is 5.17. The molecule has 1 fully saturated rings. The molecule has 1 aromatic rings. The summed E-state index contributed by atoms with van der Waals surface area (Å²) in [7, 11) is 0. The Hall–Kier alpha value is -1.59. The van der Waals surface area contributed by atoms with Crippen LogP contribution in [0.15, 0.2) is 23.3 Å². The Morgan fingerprint density at radius 1 is 1.26 bits per heavy atom. The monoisotopic (exact) mass is 299 g/mol. The minimum absolute atomic E-state index is 0.129. The van der Waals surface area contributed by atoms with E-state index in [-0.39, 0.29) is 6.04 Å². The number of amides is 2. The van der Waals surface area contributed by atoms with E-state index in [0.29, 0.717) is 15.6 Å². The lowest BCUT2D eigenvalue weighted by Crippen LogP contribution is -2.38. The Balaban J connectivity index is 1.90. The van der Waals surface area contributed by atoms with Crippen molar-refractivity contribution < 1.29 is 9.59 Å². The van der Waals surface area contributed by atoms with E-state index >= 15 is 0 Å². The molecular formula is C12H11Cl2N3O2. The third-order valence-electron chi connectivity index (χ3n) is 2.47. The van der Waals surface area contributed by atoms with E-state index < -0.39 is 11.8 Å². The summed E-state index contributed by atoms with van der Waals surface area (Å²) in [5, 5.41) is 6.94. The van der Waals surface area contributed by atoms with Crippen LogP contribution < -0.4 is 10.7 Å². The fourth-order valence-electron chi connectivity index (χ4n) is 1.31. The van der Waals surface area contributed by atoms with Gasteiger partial charge in [-0.3, -0.25) is 9.59 Å². The van der Waals surface area contributed by atoms with Crippen molar-refractivity contribution in [3.05, 3.63) is 33.8 Å². The zero-order valence-electron chi connectivity index (χ0n) is 9.82. The number of nitrogens with zero attached hydrogens (tertiary/aromatic N) is 1. The van der Waals surface area contributed by atoms with Crippen LogP contribution in [0.3, 0.4) is 0 Å². The number of halogens is 2. The summed E-state index contributed by atoms with van der Waals surface area (Å²) in [6.07, 6.45) is 3.16. The average Bonchev–Trinajstić information content (AvgIpc) is 3.18. The summed E-state index contributed by atoms with van der Waals surface area (Å²) in [6.45, 7) is 0. The van der Waals surface area contributed by atoms with Crippen molar-refractivity contribution in [3.8, 4) is 0 Å². The Morgan fingerprint density at radius 3 is 2.68 bits per heavy atom. The third-order valence-corrected chi connectivity index (χ3v) is 3.30. The largest absolute Gasteiger partial charge is 0.345 e. The lowest BCUT2D eigenvalue weighted by molar-refractivity contribution is -0.139. The second-order valence-corrected chi connectivity index (χ2v) is 4.88. The van der Waals surface area contributed by atoms with Crippen LogP contribution in [-0.2, 0) is 9.59 Å². The van der Waals surface area contributed by atoms with Gasteiger partial charge < -0.3 is 5.32 Å². The van der Waals surface area contributed by atoms with E-state index in [2.05, 4.69) is 15.8 Å². The van der Waals surface area contributed by atoms with E-state index in [1.807, 2.05) is 0 Å². The molecule has 0 atom stereocenters. The molecule has 19 heavy (non-hydrogen) atoms. The number of benzene rings is 1. The van der Waals surface area contributed by atoms with Crippen LogP contribution in [0.4, 0.5) is 0 Å². The quantitative estimate of drug-likeness (QED) is 0.507. The zero-order chi connectivity index (χ0) is 13.8. The van der Waals surface area contributed by atoms with Gasteiger partial charge in [0, 0.05) is 11.6 Å². The smallest absolute Gasteiger partial charge is 0.329 e. The average molecular weight is 300 g/mol.